The van der Waals surface area contributed by atoms with Gasteiger partial charge in [0, 0.05) is 6.54 Å². The van der Waals surface area contributed by atoms with Crippen LogP contribution >= 0.6 is 0 Å². The second-order valence-electron chi connectivity index (χ2n) is 5.00. The molecule has 0 saturated heterocycles. The predicted octanol–water partition coefficient (Wildman–Crippen LogP) is 1.56. The molecule has 2 aromatic rings. The Labute approximate surface area is 124 Å². The van der Waals surface area contributed by atoms with Gasteiger partial charge in [0.2, 0.25) is 15.9 Å². The zero-order valence-electron chi connectivity index (χ0n) is 12.4. The number of hydrogen-bond donors (Lipinski definition) is 1. The van der Waals surface area contributed by atoms with Crippen molar-refractivity contribution >= 4 is 20.9 Å². The lowest BCUT2D eigenvalue weighted by molar-refractivity contribution is 0.303. The van der Waals surface area contributed by atoms with Gasteiger partial charge in [0.1, 0.15) is 6.33 Å². The van der Waals surface area contributed by atoms with Crippen LogP contribution in [0, 0.1) is 13.8 Å². The highest BCUT2D eigenvalue weighted by molar-refractivity contribution is 7.88. The molecule has 1 aromatic carbocycles. The van der Waals surface area contributed by atoms with Crippen molar-refractivity contribution in [2.24, 2.45) is 0 Å². The molecule has 0 spiro atoms. The monoisotopic (exact) mass is 309 g/mol. The summed E-state index contributed by atoms with van der Waals surface area (Å²) in [5.74, 6) is 0.530. The molecule has 21 heavy (non-hydrogen) atoms. The molecule has 1 aromatic heterocycles. The second kappa shape index (κ2) is 6.36. The van der Waals surface area contributed by atoms with E-state index in [1.54, 1.807) is 0 Å². The third kappa shape index (κ3) is 4.37. The van der Waals surface area contributed by atoms with Gasteiger partial charge in [0.15, 0.2) is 0 Å². The third-order valence-electron chi connectivity index (χ3n) is 3.14. The lowest BCUT2D eigenvalue weighted by Crippen LogP contribution is -2.24. The summed E-state index contributed by atoms with van der Waals surface area (Å²) in [6, 6.07) is 4.01. The number of rotatable bonds is 6. The molecule has 7 heteroatoms. The average molecular weight is 309 g/mol. The van der Waals surface area contributed by atoms with Crippen molar-refractivity contribution in [3.63, 3.8) is 0 Å². The van der Waals surface area contributed by atoms with Crippen LogP contribution in [0.3, 0.4) is 0 Å². The average Bonchev–Trinajstić information content (AvgIpc) is 2.39. The molecule has 0 saturated carbocycles. The zero-order chi connectivity index (χ0) is 15.5. The van der Waals surface area contributed by atoms with E-state index < -0.39 is 10.0 Å². The minimum Gasteiger partial charge on any atom is -0.477 e. The number of sulfonamides is 1. The number of nitrogens with zero attached hydrogens (tertiary/aromatic N) is 2. The molecule has 0 aliphatic rings. The van der Waals surface area contributed by atoms with E-state index in [9.17, 15) is 8.42 Å². The molecule has 0 amide bonds. The molecule has 0 radical (unpaired) electrons. The molecule has 1 heterocycles. The Bertz CT molecular complexity index is 744. The molecule has 0 atom stereocenters. The number of aryl methyl sites for hydroxylation is 2. The number of fused-ring (bicyclic) bond motifs is 1. The summed E-state index contributed by atoms with van der Waals surface area (Å²) in [7, 11) is -3.15. The van der Waals surface area contributed by atoms with Gasteiger partial charge in [-0.1, -0.05) is 0 Å². The molecule has 0 unspecified atom stereocenters. The van der Waals surface area contributed by atoms with Crippen LogP contribution in [0.15, 0.2) is 18.5 Å². The van der Waals surface area contributed by atoms with Gasteiger partial charge in [-0.3, -0.25) is 0 Å². The number of ether oxygens (including phenoxy) is 1. The van der Waals surface area contributed by atoms with Crippen molar-refractivity contribution in [1.82, 2.24) is 14.7 Å². The Hall–Kier alpha value is -1.73. The molecule has 6 nitrogen and oxygen atoms in total. The largest absolute Gasteiger partial charge is 0.477 e. The summed E-state index contributed by atoms with van der Waals surface area (Å²) >= 11 is 0. The van der Waals surface area contributed by atoms with Crippen molar-refractivity contribution in [3.8, 4) is 5.88 Å². The van der Waals surface area contributed by atoms with Crippen molar-refractivity contribution in [3.05, 3.63) is 29.6 Å². The Morgan fingerprint density at radius 2 is 1.90 bits per heavy atom. The van der Waals surface area contributed by atoms with Gasteiger partial charge < -0.3 is 4.74 Å². The highest BCUT2D eigenvalue weighted by Crippen LogP contribution is 2.24. The van der Waals surface area contributed by atoms with E-state index in [2.05, 4.69) is 14.7 Å². The van der Waals surface area contributed by atoms with Gasteiger partial charge in [-0.05, 0) is 43.5 Å². The number of hydrogen-bond acceptors (Lipinski definition) is 5. The van der Waals surface area contributed by atoms with E-state index in [-0.39, 0.29) is 0 Å². The van der Waals surface area contributed by atoms with Crippen LogP contribution in [-0.4, -0.2) is 37.8 Å². The number of benzene rings is 1. The standard InChI is InChI=1S/C14H19N3O3S/c1-10-7-12-13(8-11(10)2)15-9-16-14(12)20-6-4-5-17-21(3,18)19/h7-9,17H,4-6H2,1-3H3. The van der Waals surface area contributed by atoms with Gasteiger partial charge in [0.25, 0.3) is 0 Å². The minimum absolute atomic E-state index is 0.347. The van der Waals surface area contributed by atoms with Crippen molar-refractivity contribution in [2.45, 2.75) is 20.3 Å². The highest BCUT2D eigenvalue weighted by Gasteiger charge is 2.07. The summed E-state index contributed by atoms with van der Waals surface area (Å²) in [5, 5.41) is 0.872. The number of nitrogens with one attached hydrogen (secondary N) is 1. The zero-order valence-corrected chi connectivity index (χ0v) is 13.2. The van der Waals surface area contributed by atoms with Crippen LogP contribution in [0.2, 0.25) is 0 Å². The maximum atomic E-state index is 10.9. The van der Waals surface area contributed by atoms with E-state index in [0.29, 0.717) is 25.5 Å². The summed E-state index contributed by atoms with van der Waals surface area (Å²) < 4.78 is 29.9. The van der Waals surface area contributed by atoms with Crippen LogP contribution in [0.5, 0.6) is 5.88 Å². The van der Waals surface area contributed by atoms with Gasteiger partial charge in [0.05, 0.1) is 23.8 Å². The molecule has 0 fully saturated rings. The first-order valence-corrected chi connectivity index (χ1v) is 8.55. The van der Waals surface area contributed by atoms with Crippen LogP contribution in [0.4, 0.5) is 0 Å². The summed E-state index contributed by atoms with van der Waals surface area (Å²) in [6.07, 6.45) is 3.18. The Morgan fingerprint density at radius 1 is 1.19 bits per heavy atom. The maximum absolute atomic E-state index is 10.9. The lowest BCUT2D eigenvalue weighted by atomic mass is 10.1. The Kier molecular flexibility index (Phi) is 4.74. The quantitative estimate of drug-likeness (QED) is 0.819. The SMILES string of the molecule is Cc1cc2ncnc(OCCCNS(C)(=O)=O)c2cc1C. The molecule has 1 N–H and O–H groups in total. The molecule has 2 rings (SSSR count). The van der Waals surface area contributed by atoms with Crippen LogP contribution in [-0.2, 0) is 10.0 Å². The topological polar surface area (TPSA) is 81.2 Å². The Balaban J connectivity index is 2.04. The van der Waals surface area contributed by atoms with Gasteiger partial charge in [-0.2, -0.15) is 0 Å². The van der Waals surface area contributed by atoms with Gasteiger partial charge >= 0.3 is 0 Å². The normalized spacial score (nSPS) is 11.8. The first kappa shape index (κ1) is 15.7. The van der Waals surface area contributed by atoms with Crippen LogP contribution < -0.4 is 9.46 Å². The molecule has 114 valence electrons. The molecular weight excluding hydrogens is 290 g/mol. The first-order valence-electron chi connectivity index (χ1n) is 6.66. The predicted molar refractivity (Wildman–Crippen MR) is 82.0 cm³/mol. The van der Waals surface area contributed by atoms with E-state index in [1.165, 1.54) is 11.9 Å². The smallest absolute Gasteiger partial charge is 0.224 e. The molecule has 0 aliphatic carbocycles. The number of aromatic nitrogens is 2. The lowest BCUT2D eigenvalue weighted by Gasteiger charge is -2.09. The van der Waals surface area contributed by atoms with Crippen molar-refractivity contribution in [2.75, 3.05) is 19.4 Å². The third-order valence-corrected chi connectivity index (χ3v) is 3.87. The van der Waals surface area contributed by atoms with Crippen LogP contribution in [0.1, 0.15) is 17.5 Å². The first-order chi connectivity index (χ1) is 9.87. The Morgan fingerprint density at radius 3 is 2.62 bits per heavy atom. The fourth-order valence-corrected chi connectivity index (χ4v) is 2.42. The second-order valence-corrected chi connectivity index (χ2v) is 6.83. The van der Waals surface area contributed by atoms with E-state index >= 15 is 0 Å². The van der Waals surface area contributed by atoms with Gasteiger partial charge in [-0.25, -0.2) is 23.1 Å². The molecule has 0 aliphatic heterocycles. The molecule has 0 bridgehead atoms. The highest BCUT2D eigenvalue weighted by atomic mass is 32.2. The molecular formula is C14H19N3O3S. The van der Waals surface area contributed by atoms with Crippen molar-refractivity contribution < 1.29 is 13.2 Å². The summed E-state index contributed by atoms with van der Waals surface area (Å²) in [6.45, 7) is 4.80. The van der Waals surface area contributed by atoms with Gasteiger partial charge in [-0.15, -0.1) is 0 Å². The van der Waals surface area contributed by atoms with E-state index in [1.807, 2.05) is 26.0 Å². The summed E-state index contributed by atoms with van der Waals surface area (Å²) in [4.78, 5) is 8.39. The maximum Gasteiger partial charge on any atom is 0.224 e. The van der Waals surface area contributed by atoms with Crippen molar-refractivity contribution in [1.29, 1.82) is 0 Å². The van der Waals surface area contributed by atoms with E-state index in [4.69, 9.17) is 4.74 Å². The summed E-state index contributed by atoms with van der Waals surface area (Å²) in [5.41, 5.74) is 3.17. The van der Waals surface area contributed by atoms with Crippen LogP contribution in [0.25, 0.3) is 10.9 Å². The fraction of sp³-hybridized carbons (Fsp3) is 0.429. The fourth-order valence-electron chi connectivity index (χ4n) is 1.91. The van der Waals surface area contributed by atoms with E-state index in [0.717, 1.165) is 22.7 Å². The minimum atomic E-state index is -3.15.